The Morgan fingerprint density at radius 1 is 1.62 bits per heavy atom. The normalized spacial score (nSPS) is 8.92. The minimum Gasteiger partial charge on any atom is -0.481 e. The van der Waals surface area contributed by atoms with Gasteiger partial charge in [0.1, 0.15) is 18.6 Å². The van der Waals surface area contributed by atoms with Crippen LogP contribution < -0.4 is 4.74 Å². The summed E-state index contributed by atoms with van der Waals surface area (Å²) in [5, 5.41) is 0. The summed E-state index contributed by atoms with van der Waals surface area (Å²) in [5.41, 5.74) is 1.56. The maximum absolute atomic E-state index is 10.4. The molecular formula is C11H10O2. The van der Waals surface area contributed by atoms with E-state index in [2.05, 4.69) is 5.92 Å². The van der Waals surface area contributed by atoms with Crippen molar-refractivity contribution in [3.63, 3.8) is 0 Å². The Morgan fingerprint density at radius 2 is 2.38 bits per heavy atom. The van der Waals surface area contributed by atoms with E-state index in [-0.39, 0.29) is 6.61 Å². The molecular weight excluding hydrogens is 164 g/mol. The zero-order valence-electron chi connectivity index (χ0n) is 7.41. The Labute approximate surface area is 77.5 Å². The van der Waals surface area contributed by atoms with Gasteiger partial charge < -0.3 is 4.74 Å². The molecule has 0 aromatic heterocycles. The van der Waals surface area contributed by atoms with Gasteiger partial charge in [0.25, 0.3) is 0 Å². The van der Waals surface area contributed by atoms with E-state index in [0.29, 0.717) is 5.56 Å². The van der Waals surface area contributed by atoms with Crippen LogP contribution in [0.2, 0.25) is 0 Å². The topological polar surface area (TPSA) is 26.3 Å². The molecule has 0 saturated carbocycles. The van der Waals surface area contributed by atoms with Crippen LogP contribution in [-0.4, -0.2) is 12.9 Å². The predicted molar refractivity (Wildman–Crippen MR) is 50.9 cm³/mol. The lowest BCUT2D eigenvalue weighted by Gasteiger charge is -2.05. The number of aldehydes is 1. The van der Waals surface area contributed by atoms with Crippen molar-refractivity contribution in [2.75, 3.05) is 6.61 Å². The number of benzene rings is 1. The molecule has 0 aliphatic carbocycles. The standard InChI is InChI=1S/C11H10O2/c1-3-6-13-11-5-4-10(8-12)7-9(11)2/h1,4-5,7-8H,6H2,2H3. The van der Waals surface area contributed by atoms with Gasteiger partial charge >= 0.3 is 0 Å². The van der Waals surface area contributed by atoms with E-state index in [0.717, 1.165) is 17.6 Å². The summed E-state index contributed by atoms with van der Waals surface area (Å²) in [6.07, 6.45) is 5.85. The van der Waals surface area contributed by atoms with Crippen molar-refractivity contribution in [2.45, 2.75) is 6.92 Å². The van der Waals surface area contributed by atoms with Gasteiger partial charge in [-0.3, -0.25) is 4.79 Å². The molecule has 2 heteroatoms. The van der Waals surface area contributed by atoms with Crippen molar-refractivity contribution in [2.24, 2.45) is 0 Å². The molecule has 66 valence electrons. The smallest absolute Gasteiger partial charge is 0.150 e. The van der Waals surface area contributed by atoms with Crippen molar-refractivity contribution in [3.05, 3.63) is 29.3 Å². The molecule has 0 saturated heterocycles. The molecule has 2 nitrogen and oxygen atoms in total. The predicted octanol–water partition coefficient (Wildman–Crippen LogP) is 1.82. The molecule has 0 radical (unpaired) electrons. The molecule has 0 fully saturated rings. The van der Waals surface area contributed by atoms with E-state index in [4.69, 9.17) is 11.2 Å². The molecule has 1 aromatic carbocycles. The zero-order chi connectivity index (χ0) is 9.68. The van der Waals surface area contributed by atoms with Crippen LogP contribution in [-0.2, 0) is 0 Å². The molecule has 0 N–H and O–H groups in total. The largest absolute Gasteiger partial charge is 0.481 e. The maximum atomic E-state index is 10.4. The number of carbonyl (C=O) groups is 1. The van der Waals surface area contributed by atoms with Crippen molar-refractivity contribution in [3.8, 4) is 18.1 Å². The van der Waals surface area contributed by atoms with Gasteiger partial charge in [-0.05, 0) is 30.7 Å². The van der Waals surface area contributed by atoms with E-state index in [1.165, 1.54) is 0 Å². The van der Waals surface area contributed by atoms with Crippen LogP contribution in [0.5, 0.6) is 5.75 Å². The lowest BCUT2D eigenvalue weighted by molar-refractivity contribution is 0.112. The Bertz CT molecular complexity index is 348. The highest BCUT2D eigenvalue weighted by atomic mass is 16.5. The molecule has 0 aliphatic rings. The van der Waals surface area contributed by atoms with E-state index in [9.17, 15) is 4.79 Å². The third kappa shape index (κ3) is 2.34. The first kappa shape index (κ1) is 9.34. The summed E-state index contributed by atoms with van der Waals surface area (Å²) in [5.74, 6) is 3.11. The van der Waals surface area contributed by atoms with E-state index < -0.39 is 0 Å². The molecule has 0 unspecified atom stereocenters. The average molecular weight is 174 g/mol. The first-order valence-electron chi connectivity index (χ1n) is 3.90. The zero-order valence-corrected chi connectivity index (χ0v) is 7.41. The lowest BCUT2D eigenvalue weighted by Crippen LogP contribution is -1.96. The molecule has 0 bridgehead atoms. The van der Waals surface area contributed by atoms with Gasteiger partial charge in [0.15, 0.2) is 0 Å². The Hall–Kier alpha value is -1.75. The van der Waals surface area contributed by atoms with Crippen molar-refractivity contribution in [1.82, 2.24) is 0 Å². The van der Waals surface area contributed by atoms with Crippen LogP contribution in [0.3, 0.4) is 0 Å². The summed E-state index contributed by atoms with van der Waals surface area (Å²) in [4.78, 5) is 10.4. The fourth-order valence-electron chi connectivity index (χ4n) is 1.03. The number of carbonyl (C=O) groups excluding carboxylic acids is 1. The number of terminal acetylenes is 1. The highest BCUT2D eigenvalue weighted by Gasteiger charge is 1.99. The Kier molecular flexibility index (Phi) is 3.10. The van der Waals surface area contributed by atoms with Crippen LogP contribution in [0.15, 0.2) is 18.2 Å². The van der Waals surface area contributed by atoms with Crippen LogP contribution in [0, 0.1) is 19.3 Å². The van der Waals surface area contributed by atoms with E-state index >= 15 is 0 Å². The van der Waals surface area contributed by atoms with Crippen LogP contribution in [0.4, 0.5) is 0 Å². The second-order valence-electron chi connectivity index (χ2n) is 2.64. The third-order valence-electron chi connectivity index (χ3n) is 1.65. The van der Waals surface area contributed by atoms with Gasteiger partial charge in [0.05, 0.1) is 0 Å². The fraction of sp³-hybridized carbons (Fsp3) is 0.182. The monoisotopic (exact) mass is 174 g/mol. The van der Waals surface area contributed by atoms with Gasteiger partial charge in [-0.2, -0.15) is 0 Å². The minimum atomic E-state index is 0.251. The second kappa shape index (κ2) is 4.32. The summed E-state index contributed by atoms with van der Waals surface area (Å²) in [7, 11) is 0. The Morgan fingerprint density at radius 3 is 2.92 bits per heavy atom. The second-order valence-corrected chi connectivity index (χ2v) is 2.64. The van der Waals surface area contributed by atoms with Crippen LogP contribution in [0.25, 0.3) is 0 Å². The summed E-state index contributed by atoms with van der Waals surface area (Å²) >= 11 is 0. The number of ether oxygens (including phenoxy) is 1. The average Bonchev–Trinajstić information content (AvgIpc) is 2.16. The van der Waals surface area contributed by atoms with Gasteiger partial charge in [0, 0.05) is 5.56 Å². The quantitative estimate of drug-likeness (QED) is 0.516. The van der Waals surface area contributed by atoms with E-state index in [1.807, 2.05) is 6.92 Å². The van der Waals surface area contributed by atoms with Crippen molar-refractivity contribution >= 4 is 6.29 Å². The van der Waals surface area contributed by atoms with Gasteiger partial charge in [0.2, 0.25) is 0 Å². The minimum absolute atomic E-state index is 0.251. The van der Waals surface area contributed by atoms with Crippen LogP contribution >= 0.6 is 0 Å². The maximum Gasteiger partial charge on any atom is 0.150 e. The fourth-order valence-corrected chi connectivity index (χ4v) is 1.03. The lowest BCUT2D eigenvalue weighted by atomic mass is 10.1. The summed E-state index contributed by atoms with van der Waals surface area (Å²) in [6.45, 7) is 2.13. The first-order chi connectivity index (χ1) is 6.27. The number of hydrogen-bond donors (Lipinski definition) is 0. The van der Waals surface area contributed by atoms with Crippen molar-refractivity contribution in [1.29, 1.82) is 0 Å². The molecule has 0 atom stereocenters. The first-order valence-corrected chi connectivity index (χ1v) is 3.90. The molecule has 0 aliphatic heterocycles. The van der Waals surface area contributed by atoms with E-state index in [1.54, 1.807) is 18.2 Å². The highest BCUT2D eigenvalue weighted by Crippen LogP contribution is 2.17. The summed E-state index contributed by atoms with van der Waals surface area (Å²) < 4.78 is 5.23. The Balaban J connectivity index is 2.86. The van der Waals surface area contributed by atoms with Gasteiger partial charge in [-0.25, -0.2) is 0 Å². The molecule has 0 amide bonds. The van der Waals surface area contributed by atoms with Gasteiger partial charge in [-0.1, -0.05) is 5.92 Å². The molecule has 13 heavy (non-hydrogen) atoms. The third-order valence-corrected chi connectivity index (χ3v) is 1.65. The SMILES string of the molecule is C#CCOc1ccc(C=O)cc1C. The molecule has 1 rings (SSSR count). The number of rotatable bonds is 3. The van der Waals surface area contributed by atoms with Gasteiger partial charge in [-0.15, -0.1) is 6.42 Å². The molecule has 0 spiro atoms. The number of aryl methyl sites for hydroxylation is 1. The molecule has 1 aromatic rings. The van der Waals surface area contributed by atoms with Crippen molar-refractivity contribution < 1.29 is 9.53 Å². The summed E-state index contributed by atoms with van der Waals surface area (Å²) in [6, 6.07) is 5.21. The molecule has 0 heterocycles. The highest BCUT2D eigenvalue weighted by molar-refractivity contribution is 5.75. The van der Waals surface area contributed by atoms with Crippen LogP contribution in [0.1, 0.15) is 15.9 Å². The number of hydrogen-bond acceptors (Lipinski definition) is 2.